The normalized spacial score (nSPS) is 12.2. The number of aromatic nitrogens is 3. The molecule has 0 aliphatic heterocycles. The van der Waals surface area contributed by atoms with Gasteiger partial charge in [0.1, 0.15) is 5.21 Å². The van der Waals surface area contributed by atoms with Gasteiger partial charge in [-0.2, -0.15) is 26.3 Å². The van der Waals surface area contributed by atoms with Crippen LogP contribution in [0.25, 0.3) is 22.6 Å². The van der Waals surface area contributed by atoms with Crippen molar-refractivity contribution in [3.63, 3.8) is 0 Å². The molecule has 0 spiro atoms. The molecule has 0 aliphatic rings. The first-order chi connectivity index (χ1) is 14.6. The molecule has 0 saturated carbocycles. The fraction of sp³-hybridized carbons (Fsp3) is 0.0909. The van der Waals surface area contributed by atoms with Crippen molar-refractivity contribution in [1.82, 2.24) is 9.90 Å². The molecule has 0 N–H and O–H groups in total. The molecule has 3 nitrogen and oxygen atoms in total. The third-order valence-corrected chi connectivity index (χ3v) is 4.63. The predicted molar refractivity (Wildman–Crippen MR) is 101 cm³/mol. The van der Waals surface area contributed by atoms with Gasteiger partial charge in [-0.05, 0) is 48.5 Å². The Morgan fingerprint density at radius 2 is 1.16 bits per heavy atom. The van der Waals surface area contributed by atoms with Crippen molar-refractivity contribution in [2.24, 2.45) is 0 Å². The largest absolute Gasteiger partial charge is 0.416 e. The van der Waals surface area contributed by atoms with Crippen LogP contribution in [0, 0.1) is 0 Å². The zero-order valence-corrected chi connectivity index (χ0v) is 15.7. The van der Waals surface area contributed by atoms with E-state index in [1.165, 1.54) is 33.6 Å². The first-order valence-corrected chi connectivity index (χ1v) is 9.06. The molecule has 0 fully saturated rings. The lowest BCUT2D eigenvalue weighted by molar-refractivity contribution is -0.660. The summed E-state index contributed by atoms with van der Waals surface area (Å²) in [6.07, 6.45) is -7.32. The van der Waals surface area contributed by atoms with E-state index in [4.69, 9.17) is 0 Å². The van der Waals surface area contributed by atoms with E-state index >= 15 is 0 Å². The van der Waals surface area contributed by atoms with Gasteiger partial charge in [-0.1, -0.05) is 35.0 Å². The summed E-state index contributed by atoms with van der Waals surface area (Å²) >= 11 is 0. The highest BCUT2D eigenvalue weighted by Crippen LogP contribution is 2.31. The van der Waals surface area contributed by atoms with Crippen molar-refractivity contribution in [3.8, 4) is 22.6 Å². The molecule has 4 aromatic rings. The first-order valence-electron chi connectivity index (χ1n) is 9.06. The third kappa shape index (κ3) is 4.30. The lowest BCUT2D eigenvalue weighted by Gasteiger charge is -2.06. The smallest absolute Gasteiger partial charge is 0.166 e. The summed E-state index contributed by atoms with van der Waals surface area (Å²) in [5, 5.41) is 4.38. The summed E-state index contributed by atoms with van der Waals surface area (Å²) in [4.78, 5) is 0. The van der Waals surface area contributed by atoms with E-state index in [0.29, 0.717) is 17.1 Å². The van der Waals surface area contributed by atoms with Gasteiger partial charge in [-0.15, -0.1) is 4.68 Å². The minimum atomic E-state index is -4.47. The maximum absolute atomic E-state index is 12.9. The zero-order chi connectivity index (χ0) is 22.2. The fourth-order valence-electron chi connectivity index (χ4n) is 3.06. The van der Waals surface area contributed by atoms with Gasteiger partial charge in [0.2, 0.25) is 5.69 Å². The van der Waals surface area contributed by atoms with Crippen molar-refractivity contribution in [2.75, 3.05) is 0 Å². The van der Waals surface area contributed by atoms with Crippen LogP contribution in [0.1, 0.15) is 11.1 Å². The number of rotatable bonds is 3. The predicted octanol–water partition coefficient (Wildman–Crippen LogP) is 5.85. The van der Waals surface area contributed by atoms with Crippen LogP contribution in [-0.4, -0.2) is 9.90 Å². The summed E-state index contributed by atoms with van der Waals surface area (Å²) in [7, 11) is 0. The van der Waals surface area contributed by atoms with E-state index in [0.717, 1.165) is 29.8 Å². The van der Waals surface area contributed by atoms with Gasteiger partial charge in [0.15, 0.2) is 17.6 Å². The molecule has 1 heterocycles. The van der Waals surface area contributed by atoms with Crippen LogP contribution >= 0.6 is 0 Å². The van der Waals surface area contributed by atoms with Crippen LogP contribution in [0.2, 0.25) is 0 Å². The summed E-state index contributed by atoms with van der Waals surface area (Å²) in [5.74, 6) is 0. The second kappa shape index (κ2) is 7.57. The molecule has 0 amide bonds. The Morgan fingerprint density at radius 1 is 0.645 bits per heavy atom. The highest BCUT2D eigenvalue weighted by atomic mass is 19.4. The molecule has 31 heavy (non-hydrogen) atoms. The quantitative estimate of drug-likeness (QED) is 0.293. The van der Waals surface area contributed by atoms with E-state index in [9.17, 15) is 26.3 Å². The maximum atomic E-state index is 12.9. The molecule has 0 bridgehead atoms. The van der Waals surface area contributed by atoms with Crippen LogP contribution in [0.3, 0.4) is 0 Å². The van der Waals surface area contributed by atoms with E-state index in [-0.39, 0.29) is 0 Å². The fourth-order valence-corrected chi connectivity index (χ4v) is 3.06. The number of halogens is 6. The lowest BCUT2D eigenvalue weighted by atomic mass is 10.1. The lowest BCUT2D eigenvalue weighted by Crippen LogP contribution is -2.33. The second-order valence-electron chi connectivity index (χ2n) is 6.72. The van der Waals surface area contributed by atoms with Crippen LogP contribution in [0.5, 0.6) is 0 Å². The molecule has 1 aromatic heterocycles. The van der Waals surface area contributed by atoms with Crippen molar-refractivity contribution < 1.29 is 31.0 Å². The minimum Gasteiger partial charge on any atom is -0.166 e. The number of hydrogen-bond donors (Lipinski definition) is 0. The molecule has 0 radical (unpaired) electrons. The Morgan fingerprint density at radius 3 is 1.68 bits per heavy atom. The molecule has 0 atom stereocenters. The SMILES string of the molecule is FC(F)(F)c1ccc(-n2n[n+](-c3ccc(C(F)(F)F)cc3)cc2-c2ccccc2)cc1. The number of nitrogens with zero attached hydrogens (tertiary/aromatic N) is 3. The average molecular weight is 434 g/mol. The first kappa shape index (κ1) is 20.6. The molecule has 0 unspecified atom stereocenters. The van der Waals surface area contributed by atoms with Crippen LogP contribution in [-0.2, 0) is 12.4 Å². The van der Waals surface area contributed by atoms with Gasteiger partial charge >= 0.3 is 12.4 Å². The van der Waals surface area contributed by atoms with Gasteiger partial charge in [-0.3, -0.25) is 0 Å². The van der Waals surface area contributed by atoms with Crippen LogP contribution in [0.15, 0.2) is 85.1 Å². The van der Waals surface area contributed by atoms with Crippen molar-refractivity contribution in [3.05, 3.63) is 96.2 Å². The molecular weight excluding hydrogens is 420 g/mol. The summed E-state index contributed by atoms with van der Waals surface area (Å²) in [5.41, 5.74) is 0.455. The molecule has 3 aromatic carbocycles. The summed E-state index contributed by atoms with van der Waals surface area (Å²) in [6.45, 7) is 0. The Balaban J connectivity index is 1.80. The number of hydrogen-bond acceptors (Lipinski definition) is 1. The van der Waals surface area contributed by atoms with Gasteiger partial charge in [0, 0.05) is 5.56 Å². The zero-order valence-electron chi connectivity index (χ0n) is 15.7. The number of alkyl halides is 6. The monoisotopic (exact) mass is 434 g/mol. The van der Waals surface area contributed by atoms with Gasteiger partial charge < -0.3 is 0 Å². The molecular formula is C22H14F6N3+. The van der Waals surface area contributed by atoms with Crippen molar-refractivity contribution >= 4 is 0 Å². The Hall–Kier alpha value is -3.62. The van der Waals surface area contributed by atoms with Crippen LogP contribution in [0.4, 0.5) is 26.3 Å². The number of benzene rings is 3. The average Bonchev–Trinajstić information content (AvgIpc) is 3.19. The second-order valence-corrected chi connectivity index (χ2v) is 6.72. The summed E-state index contributed by atoms with van der Waals surface area (Å²) < 4.78 is 80.0. The van der Waals surface area contributed by atoms with Gasteiger partial charge in [-0.25, -0.2) is 0 Å². The van der Waals surface area contributed by atoms with E-state index in [1.54, 1.807) is 30.5 Å². The van der Waals surface area contributed by atoms with Gasteiger partial charge in [0.25, 0.3) is 0 Å². The maximum Gasteiger partial charge on any atom is 0.416 e. The topological polar surface area (TPSA) is 21.7 Å². The third-order valence-electron chi connectivity index (χ3n) is 4.63. The molecule has 4 rings (SSSR count). The highest BCUT2D eigenvalue weighted by molar-refractivity contribution is 5.60. The van der Waals surface area contributed by atoms with E-state index in [2.05, 4.69) is 5.21 Å². The Bertz CT molecular complexity index is 1180. The molecule has 0 saturated heterocycles. The van der Waals surface area contributed by atoms with Crippen molar-refractivity contribution in [2.45, 2.75) is 12.4 Å². The van der Waals surface area contributed by atoms with Gasteiger partial charge in [0.05, 0.1) is 11.1 Å². The van der Waals surface area contributed by atoms with E-state index in [1.807, 2.05) is 6.07 Å². The van der Waals surface area contributed by atoms with Crippen LogP contribution < -0.4 is 4.68 Å². The van der Waals surface area contributed by atoms with Crippen molar-refractivity contribution in [1.29, 1.82) is 0 Å². The summed E-state index contributed by atoms with van der Waals surface area (Å²) in [6, 6.07) is 17.9. The minimum absolute atomic E-state index is 0.371. The standard InChI is InChI=1S/C22H14F6N3/c23-21(24,25)16-6-10-18(11-7-16)30-14-20(15-4-2-1-3-5-15)31(29-30)19-12-8-17(9-13-19)22(26,27)28/h1-14H/q+1. The molecule has 0 aliphatic carbocycles. The highest BCUT2D eigenvalue weighted by Gasteiger charge is 2.32. The molecule has 158 valence electrons. The Kier molecular flexibility index (Phi) is 5.04. The Labute approximate surface area is 172 Å². The molecule has 9 heteroatoms. The van der Waals surface area contributed by atoms with E-state index < -0.39 is 23.5 Å².